The van der Waals surface area contributed by atoms with Crippen molar-refractivity contribution in [2.75, 3.05) is 40.8 Å². The second kappa shape index (κ2) is 27.3. The van der Waals surface area contributed by atoms with Crippen LogP contribution in [0.15, 0.2) is 199 Å². The summed E-state index contributed by atoms with van der Waals surface area (Å²) in [4.78, 5) is 94.8. The molecule has 8 rings (SSSR count). The maximum Gasteiger partial charge on any atom is 0.339 e. The third-order valence-electron chi connectivity index (χ3n) is 11.0. The number of aromatic carboxylic acids is 1. The van der Waals surface area contributed by atoms with Gasteiger partial charge in [-0.3, -0.25) is 24.0 Å². The van der Waals surface area contributed by atoms with Crippen LogP contribution in [0.4, 0.5) is 28.4 Å². The van der Waals surface area contributed by atoms with Crippen molar-refractivity contribution in [3.05, 3.63) is 232 Å². The van der Waals surface area contributed by atoms with E-state index in [2.05, 4.69) is 42.5 Å². The van der Waals surface area contributed by atoms with Crippen LogP contribution in [0.2, 0.25) is 0 Å². The minimum Gasteiger partial charge on any atom is -0.478 e. The Morgan fingerprint density at radius 3 is 1.03 bits per heavy atom. The second-order valence-corrected chi connectivity index (χ2v) is 17.4. The zero-order chi connectivity index (χ0) is 55.4. The molecule has 0 fully saturated rings. The van der Waals surface area contributed by atoms with Crippen molar-refractivity contribution in [2.24, 2.45) is 0 Å². The molecule has 0 aliphatic heterocycles. The van der Waals surface area contributed by atoms with E-state index in [-0.39, 0.29) is 46.4 Å². The predicted octanol–water partition coefficient (Wildman–Crippen LogP) is 12.1. The topological polar surface area (TPSA) is 235 Å². The minimum absolute atomic E-state index is 0.00268. The molecule has 8 aromatic carbocycles. The largest absolute Gasteiger partial charge is 0.478 e. The fraction of sp³-hybridized carbons (Fsp3) is 0.0667. The number of carboxylic acid groups (broad SMARTS) is 1. The molecular formula is C60H50BrN5O11. The van der Waals surface area contributed by atoms with E-state index in [0.29, 0.717) is 45.0 Å². The Labute approximate surface area is 451 Å². The molecule has 0 bridgehead atoms. The molecule has 0 aliphatic rings. The van der Waals surface area contributed by atoms with Crippen LogP contribution < -0.4 is 26.6 Å². The van der Waals surface area contributed by atoms with Gasteiger partial charge < -0.3 is 41.2 Å². The molecule has 17 heteroatoms. The molecule has 16 nitrogen and oxygen atoms in total. The highest BCUT2D eigenvalue weighted by molar-refractivity contribution is 9.10. The van der Waals surface area contributed by atoms with E-state index in [1.165, 1.54) is 34.1 Å². The van der Waals surface area contributed by atoms with Crippen molar-refractivity contribution in [3.8, 4) is 22.3 Å². The summed E-state index contributed by atoms with van der Waals surface area (Å²) in [7, 11) is 2.59. The van der Waals surface area contributed by atoms with Crippen molar-refractivity contribution in [3.63, 3.8) is 0 Å². The average Bonchev–Trinajstić information content (AvgIpc) is 3.44. The Morgan fingerprint density at radius 2 is 0.688 bits per heavy atom. The normalized spacial score (nSPS) is 10.1. The van der Waals surface area contributed by atoms with Crippen LogP contribution in [0.25, 0.3) is 22.3 Å². The van der Waals surface area contributed by atoms with Crippen LogP contribution in [0.1, 0.15) is 76.0 Å². The number of hydrogen-bond donors (Lipinski definition) is 6. The van der Waals surface area contributed by atoms with Crippen molar-refractivity contribution < 1.29 is 52.9 Å². The van der Waals surface area contributed by atoms with E-state index in [9.17, 15) is 43.5 Å². The highest BCUT2D eigenvalue weighted by Gasteiger charge is 2.19. The fourth-order valence-electron chi connectivity index (χ4n) is 7.29. The minimum atomic E-state index is -1.13. The molecule has 0 radical (unpaired) electrons. The van der Waals surface area contributed by atoms with Gasteiger partial charge in [0.2, 0.25) is 11.8 Å². The van der Waals surface area contributed by atoms with Gasteiger partial charge in [0, 0.05) is 46.4 Å². The van der Waals surface area contributed by atoms with E-state index in [1.54, 1.807) is 152 Å². The molecule has 5 amide bonds. The number of ether oxygens (including phenoxy) is 2. The summed E-state index contributed by atoms with van der Waals surface area (Å²) in [6.45, 7) is 2.88. The third kappa shape index (κ3) is 16.2. The van der Waals surface area contributed by atoms with Crippen molar-refractivity contribution in [1.82, 2.24) is 0 Å². The summed E-state index contributed by atoms with van der Waals surface area (Å²) in [5.74, 6) is -3.47. The zero-order valence-electron chi connectivity index (χ0n) is 41.9. The van der Waals surface area contributed by atoms with Crippen LogP contribution in [-0.4, -0.2) is 66.8 Å². The van der Waals surface area contributed by atoms with Gasteiger partial charge in [-0.15, -0.1) is 0 Å². The van der Waals surface area contributed by atoms with E-state index in [1.807, 2.05) is 36.4 Å². The second-order valence-electron chi connectivity index (χ2n) is 16.5. The van der Waals surface area contributed by atoms with E-state index < -0.39 is 17.9 Å². The summed E-state index contributed by atoms with van der Waals surface area (Å²) in [5, 5.41) is 23.0. The molecule has 0 aliphatic carbocycles. The highest BCUT2D eigenvalue weighted by atomic mass is 79.9. The maximum absolute atomic E-state index is 12.6. The monoisotopic (exact) mass is 1100 g/mol. The summed E-state index contributed by atoms with van der Waals surface area (Å²) in [5.41, 5.74) is 7.55. The summed E-state index contributed by atoms with van der Waals surface area (Å²) < 4.78 is 10.3. The van der Waals surface area contributed by atoms with E-state index in [0.717, 1.165) is 26.7 Å². The smallest absolute Gasteiger partial charge is 0.339 e. The molecule has 0 spiro atoms. The van der Waals surface area contributed by atoms with E-state index >= 15 is 0 Å². The first-order valence-electron chi connectivity index (χ1n) is 23.4. The number of nitrogens with one attached hydrogen (secondary N) is 5. The number of benzene rings is 8. The van der Waals surface area contributed by atoms with Crippen LogP contribution >= 0.6 is 15.9 Å². The summed E-state index contributed by atoms with van der Waals surface area (Å²) in [6.07, 6.45) is 0. The first-order valence-corrected chi connectivity index (χ1v) is 24.2. The molecule has 0 aromatic heterocycles. The van der Waals surface area contributed by atoms with Gasteiger partial charge in [0.05, 0.1) is 48.0 Å². The Hall–Kier alpha value is -10.0. The quantitative estimate of drug-likeness (QED) is 0.0594. The maximum atomic E-state index is 12.6. The average molecular weight is 1100 g/mol. The number of rotatable bonds is 13. The zero-order valence-corrected chi connectivity index (χ0v) is 43.5. The number of carbonyl (C=O) groups is 8. The molecule has 8 aromatic rings. The number of hydrogen-bond acceptors (Lipinski definition) is 10. The lowest BCUT2D eigenvalue weighted by Gasteiger charge is -2.13. The first-order chi connectivity index (χ1) is 37.0. The molecule has 0 heterocycles. The van der Waals surface area contributed by atoms with Gasteiger partial charge >= 0.3 is 17.9 Å². The SMILES string of the molecule is CC(=O)Nc1ccc(-c2ccc(C(=O)O)c(NC(=O)c3ccccc3)c2)cc1.COC(=O)c1ccc(-c2ccc(NC(C)=O)cc2)cc1NC(=O)c1ccccc1.COC(=O)c1ccc(Br)cc1NC(=O)c1ccccc1. The molecule has 0 atom stereocenters. The predicted molar refractivity (Wildman–Crippen MR) is 299 cm³/mol. The van der Waals surface area contributed by atoms with Gasteiger partial charge in [-0.1, -0.05) is 107 Å². The molecule has 0 saturated carbocycles. The van der Waals surface area contributed by atoms with Crippen LogP contribution in [-0.2, 0) is 19.1 Å². The fourth-order valence-corrected chi connectivity index (χ4v) is 7.65. The molecule has 6 N–H and O–H groups in total. The number of halogens is 1. The third-order valence-corrected chi connectivity index (χ3v) is 11.5. The Kier molecular flexibility index (Phi) is 20.0. The number of anilines is 5. The van der Waals surface area contributed by atoms with Crippen LogP contribution in [0.5, 0.6) is 0 Å². The highest BCUT2D eigenvalue weighted by Crippen LogP contribution is 2.30. The van der Waals surface area contributed by atoms with Gasteiger partial charge in [0.25, 0.3) is 17.7 Å². The van der Waals surface area contributed by atoms with Gasteiger partial charge in [-0.25, -0.2) is 14.4 Å². The summed E-state index contributed by atoms with van der Waals surface area (Å²) >= 11 is 3.31. The van der Waals surface area contributed by atoms with Crippen molar-refractivity contribution in [2.45, 2.75) is 13.8 Å². The first kappa shape index (κ1) is 56.3. The number of amides is 5. The van der Waals surface area contributed by atoms with Gasteiger partial charge in [-0.05, 0) is 125 Å². The number of methoxy groups -OCH3 is 2. The van der Waals surface area contributed by atoms with Gasteiger partial charge in [-0.2, -0.15) is 0 Å². The van der Waals surface area contributed by atoms with Crippen molar-refractivity contribution >= 4 is 91.8 Å². The summed E-state index contributed by atoms with van der Waals surface area (Å²) in [6, 6.07) is 55.3. The standard InChI is InChI=1S/C23H20N2O4.C22H18N2O4.C15H12BrNO3/c1-15(26)24-19-11-8-16(9-12-19)18-10-13-20(23(28)29-2)21(14-18)25-22(27)17-6-4-3-5-7-17;1-14(25)23-18-10-7-15(8-11-18)17-9-12-19(22(27)28)20(13-17)24-21(26)16-5-3-2-4-6-16;1-20-15(19)12-8-7-11(16)9-13(12)17-14(18)10-5-3-2-4-6-10/h3-14H,1-2H3,(H,24,26)(H,25,27);2-13H,1H3,(H,23,25)(H,24,26)(H,27,28);2-9H,1H3,(H,17,18). The molecular weight excluding hydrogens is 1050 g/mol. The molecule has 0 saturated heterocycles. The van der Waals surface area contributed by atoms with Crippen molar-refractivity contribution in [1.29, 1.82) is 0 Å². The lowest BCUT2D eigenvalue weighted by atomic mass is 10.0. The van der Waals surface area contributed by atoms with Crippen LogP contribution in [0, 0.1) is 0 Å². The van der Waals surface area contributed by atoms with Crippen LogP contribution in [0.3, 0.4) is 0 Å². The molecule has 388 valence electrons. The Balaban J connectivity index is 0.000000191. The Morgan fingerprint density at radius 1 is 0.377 bits per heavy atom. The molecule has 77 heavy (non-hydrogen) atoms. The number of esters is 2. The lowest BCUT2D eigenvalue weighted by Crippen LogP contribution is -2.15. The van der Waals surface area contributed by atoms with Gasteiger partial charge in [0.15, 0.2) is 0 Å². The van der Waals surface area contributed by atoms with E-state index in [4.69, 9.17) is 9.47 Å². The number of carbonyl (C=O) groups excluding carboxylic acids is 7. The Bertz CT molecular complexity index is 3430. The van der Waals surface area contributed by atoms with Gasteiger partial charge in [0.1, 0.15) is 0 Å². The lowest BCUT2D eigenvalue weighted by molar-refractivity contribution is -0.115. The molecule has 0 unspecified atom stereocenters. The number of carboxylic acids is 1.